The molecule has 4 nitrogen and oxygen atoms in total. The Morgan fingerprint density at radius 3 is 2.27 bits per heavy atom. The molecule has 1 aliphatic rings. The van der Waals surface area contributed by atoms with Crippen molar-refractivity contribution in [2.75, 3.05) is 44.2 Å². The molecule has 1 amide bonds. The molecule has 0 aliphatic carbocycles. The topological polar surface area (TPSA) is 35.6 Å². The minimum atomic E-state index is 0.0233. The molecule has 4 heteroatoms. The number of piperazine rings is 1. The summed E-state index contributed by atoms with van der Waals surface area (Å²) in [7, 11) is 0. The van der Waals surface area contributed by atoms with Crippen LogP contribution in [0.1, 0.15) is 27.0 Å². The average molecular weight is 351 g/mol. The predicted molar refractivity (Wildman–Crippen MR) is 108 cm³/mol. The summed E-state index contributed by atoms with van der Waals surface area (Å²) in [6, 6.07) is 14.7. The van der Waals surface area contributed by atoms with Crippen molar-refractivity contribution < 1.29 is 4.79 Å². The molecule has 0 atom stereocenters. The van der Waals surface area contributed by atoms with Gasteiger partial charge in [0.15, 0.2) is 0 Å². The molecule has 0 unspecified atom stereocenters. The van der Waals surface area contributed by atoms with Crippen LogP contribution in [-0.2, 0) is 0 Å². The number of carbonyl (C=O) groups is 1. The van der Waals surface area contributed by atoms with Gasteiger partial charge in [-0.3, -0.25) is 9.69 Å². The molecule has 0 radical (unpaired) electrons. The van der Waals surface area contributed by atoms with E-state index < -0.39 is 0 Å². The van der Waals surface area contributed by atoms with E-state index >= 15 is 0 Å². The van der Waals surface area contributed by atoms with Crippen LogP contribution in [0.2, 0.25) is 0 Å². The fourth-order valence-corrected chi connectivity index (χ4v) is 3.59. The molecular formula is C22H29N3O. The minimum Gasteiger partial charge on any atom is -0.369 e. The first-order valence-electron chi connectivity index (χ1n) is 9.42. The van der Waals surface area contributed by atoms with E-state index in [4.69, 9.17) is 0 Å². The fraction of sp³-hybridized carbons (Fsp3) is 0.409. The number of anilines is 1. The van der Waals surface area contributed by atoms with E-state index in [1.54, 1.807) is 0 Å². The summed E-state index contributed by atoms with van der Waals surface area (Å²) in [6.07, 6.45) is 0. The Bertz CT molecular complexity index is 743. The summed E-state index contributed by atoms with van der Waals surface area (Å²) in [6.45, 7) is 11.9. The van der Waals surface area contributed by atoms with Gasteiger partial charge in [0.2, 0.25) is 0 Å². The zero-order valence-electron chi connectivity index (χ0n) is 16.1. The SMILES string of the molecule is Cc1cc(C)cc(C(=O)NCCN2CCN(c3cccc(C)c3)CC2)c1. The van der Waals surface area contributed by atoms with E-state index in [0.717, 1.165) is 49.4 Å². The first kappa shape index (κ1) is 18.5. The second-order valence-electron chi connectivity index (χ2n) is 7.30. The Morgan fingerprint density at radius 2 is 1.62 bits per heavy atom. The van der Waals surface area contributed by atoms with Crippen LogP contribution in [0.4, 0.5) is 5.69 Å². The first-order valence-corrected chi connectivity index (χ1v) is 9.42. The van der Waals surface area contributed by atoms with Crippen LogP contribution in [0.5, 0.6) is 0 Å². The van der Waals surface area contributed by atoms with Crippen LogP contribution >= 0.6 is 0 Å². The Hall–Kier alpha value is -2.33. The van der Waals surface area contributed by atoms with Gasteiger partial charge in [-0.25, -0.2) is 0 Å². The number of benzene rings is 2. The smallest absolute Gasteiger partial charge is 0.251 e. The third-order valence-electron chi connectivity index (χ3n) is 4.94. The standard InChI is InChI=1S/C22H29N3O/c1-17-5-4-6-21(16-17)25-11-9-24(10-12-25)8-7-23-22(26)20-14-18(2)13-19(3)15-20/h4-6,13-16H,7-12H2,1-3H3,(H,23,26). The predicted octanol–water partition coefficient (Wildman–Crippen LogP) is 3.16. The minimum absolute atomic E-state index is 0.0233. The number of hydrogen-bond donors (Lipinski definition) is 1. The molecule has 1 fully saturated rings. The van der Waals surface area contributed by atoms with E-state index in [1.165, 1.54) is 11.3 Å². The third kappa shape index (κ3) is 4.85. The van der Waals surface area contributed by atoms with Crippen molar-refractivity contribution in [1.29, 1.82) is 0 Å². The Balaban J connectivity index is 1.43. The van der Waals surface area contributed by atoms with E-state index in [-0.39, 0.29) is 5.91 Å². The lowest BCUT2D eigenvalue weighted by Crippen LogP contribution is -2.48. The van der Waals surface area contributed by atoms with Gasteiger partial charge in [-0.05, 0) is 50.6 Å². The maximum Gasteiger partial charge on any atom is 0.251 e. The van der Waals surface area contributed by atoms with E-state index in [1.807, 2.05) is 26.0 Å². The number of amides is 1. The molecular weight excluding hydrogens is 322 g/mol. The van der Waals surface area contributed by atoms with Gasteiger partial charge in [-0.1, -0.05) is 29.3 Å². The van der Waals surface area contributed by atoms with Gasteiger partial charge in [0.1, 0.15) is 0 Å². The lowest BCUT2D eigenvalue weighted by Gasteiger charge is -2.36. The molecule has 0 saturated carbocycles. The van der Waals surface area contributed by atoms with Crippen molar-refractivity contribution in [2.24, 2.45) is 0 Å². The quantitative estimate of drug-likeness (QED) is 0.899. The van der Waals surface area contributed by atoms with Gasteiger partial charge >= 0.3 is 0 Å². The molecule has 0 spiro atoms. The van der Waals surface area contributed by atoms with Crippen molar-refractivity contribution >= 4 is 11.6 Å². The van der Waals surface area contributed by atoms with Gasteiger partial charge in [0.25, 0.3) is 5.91 Å². The molecule has 138 valence electrons. The highest BCUT2D eigenvalue weighted by Gasteiger charge is 2.17. The molecule has 0 bridgehead atoms. The second-order valence-corrected chi connectivity index (χ2v) is 7.30. The highest BCUT2D eigenvalue weighted by molar-refractivity contribution is 5.94. The monoisotopic (exact) mass is 351 g/mol. The Labute approximate surface area is 156 Å². The van der Waals surface area contributed by atoms with E-state index in [9.17, 15) is 4.79 Å². The maximum atomic E-state index is 12.3. The highest BCUT2D eigenvalue weighted by atomic mass is 16.1. The summed E-state index contributed by atoms with van der Waals surface area (Å²) in [5.41, 5.74) is 5.63. The van der Waals surface area contributed by atoms with Crippen LogP contribution in [0.25, 0.3) is 0 Å². The van der Waals surface area contributed by atoms with Crippen molar-refractivity contribution in [3.63, 3.8) is 0 Å². The van der Waals surface area contributed by atoms with Gasteiger partial charge in [0.05, 0.1) is 0 Å². The Morgan fingerprint density at radius 1 is 0.923 bits per heavy atom. The molecule has 1 aliphatic heterocycles. The molecule has 26 heavy (non-hydrogen) atoms. The summed E-state index contributed by atoms with van der Waals surface area (Å²) in [5, 5.41) is 3.06. The van der Waals surface area contributed by atoms with E-state index in [2.05, 4.69) is 52.4 Å². The third-order valence-corrected chi connectivity index (χ3v) is 4.94. The van der Waals surface area contributed by atoms with Crippen molar-refractivity contribution in [3.05, 3.63) is 64.7 Å². The fourth-order valence-electron chi connectivity index (χ4n) is 3.59. The summed E-state index contributed by atoms with van der Waals surface area (Å²) < 4.78 is 0. The average Bonchev–Trinajstić information content (AvgIpc) is 2.61. The molecule has 1 heterocycles. The van der Waals surface area contributed by atoms with Crippen molar-refractivity contribution in [3.8, 4) is 0 Å². The lowest BCUT2D eigenvalue weighted by atomic mass is 10.1. The van der Waals surface area contributed by atoms with Gasteiger partial charge in [0, 0.05) is 50.5 Å². The second kappa shape index (κ2) is 8.37. The van der Waals surface area contributed by atoms with Crippen LogP contribution in [-0.4, -0.2) is 50.1 Å². The lowest BCUT2D eigenvalue weighted by molar-refractivity contribution is 0.0947. The number of nitrogens with zero attached hydrogens (tertiary/aromatic N) is 2. The molecule has 2 aromatic carbocycles. The zero-order valence-corrected chi connectivity index (χ0v) is 16.1. The maximum absolute atomic E-state index is 12.3. The summed E-state index contributed by atoms with van der Waals surface area (Å²) >= 11 is 0. The normalized spacial score (nSPS) is 15.1. The number of nitrogens with one attached hydrogen (secondary N) is 1. The van der Waals surface area contributed by atoms with E-state index in [0.29, 0.717) is 6.54 Å². The van der Waals surface area contributed by atoms with Gasteiger partial charge in [-0.2, -0.15) is 0 Å². The molecule has 1 N–H and O–H groups in total. The highest BCUT2D eigenvalue weighted by Crippen LogP contribution is 2.17. The number of carbonyl (C=O) groups excluding carboxylic acids is 1. The van der Waals surface area contributed by atoms with Crippen molar-refractivity contribution in [2.45, 2.75) is 20.8 Å². The van der Waals surface area contributed by atoms with Crippen molar-refractivity contribution in [1.82, 2.24) is 10.2 Å². The van der Waals surface area contributed by atoms with Gasteiger partial charge < -0.3 is 10.2 Å². The Kier molecular flexibility index (Phi) is 5.94. The summed E-state index contributed by atoms with van der Waals surface area (Å²) in [5.74, 6) is 0.0233. The molecule has 1 saturated heterocycles. The van der Waals surface area contributed by atoms with Crippen LogP contribution in [0, 0.1) is 20.8 Å². The molecule has 2 aromatic rings. The zero-order chi connectivity index (χ0) is 18.5. The molecule has 3 rings (SSSR count). The largest absolute Gasteiger partial charge is 0.369 e. The number of rotatable bonds is 5. The molecule has 0 aromatic heterocycles. The van der Waals surface area contributed by atoms with Gasteiger partial charge in [-0.15, -0.1) is 0 Å². The van der Waals surface area contributed by atoms with Crippen LogP contribution in [0.3, 0.4) is 0 Å². The van der Waals surface area contributed by atoms with Crippen LogP contribution in [0.15, 0.2) is 42.5 Å². The van der Waals surface area contributed by atoms with Crippen LogP contribution < -0.4 is 10.2 Å². The first-order chi connectivity index (χ1) is 12.5. The summed E-state index contributed by atoms with van der Waals surface area (Å²) in [4.78, 5) is 17.2. The number of aryl methyl sites for hydroxylation is 3. The number of hydrogen-bond acceptors (Lipinski definition) is 3.